The number of aryl methyl sites for hydroxylation is 1. The normalized spacial score (nSPS) is 10.5. The minimum absolute atomic E-state index is 0.0294. The van der Waals surface area contributed by atoms with Gasteiger partial charge < -0.3 is 10.1 Å². The van der Waals surface area contributed by atoms with Crippen molar-refractivity contribution in [2.45, 2.75) is 20.3 Å². The number of rotatable bonds is 7. The van der Waals surface area contributed by atoms with Crippen molar-refractivity contribution in [1.82, 2.24) is 9.97 Å². The van der Waals surface area contributed by atoms with Gasteiger partial charge in [-0.05, 0) is 44.0 Å². The molecule has 0 saturated heterocycles. The summed E-state index contributed by atoms with van der Waals surface area (Å²) in [5, 5.41) is 3.39. The van der Waals surface area contributed by atoms with E-state index in [0.29, 0.717) is 11.4 Å². The number of anilines is 1. The molecule has 0 spiro atoms. The van der Waals surface area contributed by atoms with Crippen molar-refractivity contribution in [3.8, 4) is 17.1 Å². The molecule has 0 aliphatic heterocycles. The van der Waals surface area contributed by atoms with Crippen LogP contribution in [0.1, 0.15) is 28.4 Å². The standard InChI is InChI=1S/C22H23N3O2/c1-15-14-24-22(19-6-4-5-18(13-19)16(2)26)25-21(15)23-12-11-17-7-9-20(27-3)10-8-17/h4-10,13-14H,11-12H2,1-3H3,(H,23,24,25). The van der Waals surface area contributed by atoms with Gasteiger partial charge >= 0.3 is 0 Å². The monoisotopic (exact) mass is 361 g/mol. The number of carbonyl (C=O) groups excluding carboxylic acids is 1. The van der Waals surface area contributed by atoms with Crippen molar-refractivity contribution >= 4 is 11.6 Å². The number of methoxy groups -OCH3 is 1. The topological polar surface area (TPSA) is 64.1 Å². The van der Waals surface area contributed by atoms with Crippen LogP contribution in [0.15, 0.2) is 54.7 Å². The Hall–Kier alpha value is -3.21. The number of aromatic nitrogens is 2. The fourth-order valence-electron chi connectivity index (χ4n) is 2.75. The minimum Gasteiger partial charge on any atom is -0.497 e. The molecule has 0 unspecified atom stereocenters. The Kier molecular flexibility index (Phi) is 5.81. The van der Waals surface area contributed by atoms with Crippen LogP contribution in [0.5, 0.6) is 5.75 Å². The molecular weight excluding hydrogens is 338 g/mol. The molecule has 1 aromatic heterocycles. The summed E-state index contributed by atoms with van der Waals surface area (Å²) in [5.74, 6) is 2.30. The van der Waals surface area contributed by atoms with Gasteiger partial charge in [0.05, 0.1) is 7.11 Å². The summed E-state index contributed by atoms with van der Waals surface area (Å²) in [6.07, 6.45) is 2.68. The van der Waals surface area contributed by atoms with Gasteiger partial charge in [-0.2, -0.15) is 0 Å². The molecule has 1 heterocycles. The maximum absolute atomic E-state index is 11.6. The number of ether oxygens (including phenoxy) is 1. The average molecular weight is 361 g/mol. The first-order chi connectivity index (χ1) is 13.1. The zero-order chi connectivity index (χ0) is 19.2. The van der Waals surface area contributed by atoms with E-state index in [1.807, 2.05) is 37.3 Å². The molecule has 1 N–H and O–H groups in total. The molecule has 138 valence electrons. The summed E-state index contributed by atoms with van der Waals surface area (Å²) in [7, 11) is 1.66. The van der Waals surface area contributed by atoms with Crippen LogP contribution in [0, 0.1) is 6.92 Å². The summed E-state index contributed by atoms with van der Waals surface area (Å²) >= 11 is 0. The lowest BCUT2D eigenvalue weighted by Gasteiger charge is -2.11. The minimum atomic E-state index is 0.0294. The highest BCUT2D eigenvalue weighted by Crippen LogP contribution is 2.20. The fraction of sp³-hybridized carbons (Fsp3) is 0.227. The van der Waals surface area contributed by atoms with Crippen molar-refractivity contribution in [3.63, 3.8) is 0 Å². The first kappa shape index (κ1) is 18.6. The van der Waals surface area contributed by atoms with Crippen LogP contribution < -0.4 is 10.1 Å². The van der Waals surface area contributed by atoms with Gasteiger partial charge in [0.1, 0.15) is 11.6 Å². The van der Waals surface area contributed by atoms with Gasteiger partial charge in [-0.1, -0.05) is 30.3 Å². The number of hydrogen-bond acceptors (Lipinski definition) is 5. The van der Waals surface area contributed by atoms with E-state index >= 15 is 0 Å². The Balaban J connectivity index is 1.71. The lowest BCUT2D eigenvalue weighted by molar-refractivity contribution is 0.101. The van der Waals surface area contributed by atoms with E-state index in [-0.39, 0.29) is 5.78 Å². The van der Waals surface area contributed by atoms with E-state index in [0.717, 1.165) is 35.7 Å². The molecule has 5 heteroatoms. The highest BCUT2D eigenvalue weighted by atomic mass is 16.5. The summed E-state index contributed by atoms with van der Waals surface area (Å²) in [6, 6.07) is 15.4. The number of nitrogens with zero attached hydrogens (tertiary/aromatic N) is 2. The highest BCUT2D eigenvalue weighted by Gasteiger charge is 2.08. The van der Waals surface area contributed by atoms with E-state index in [4.69, 9.17) is 4.74 Å². The molecule has 0 aliphatic carbocycles. The van der Waals surface area contributed by atoms with Gasteiger partial charge in [-0.25, -0.2) is 9.97 Å². The molecule has 0 atom stereocenters. The number of nitrogens with one attached hydrogen (secondary N) is 1. The molecule has 3 aromatic rings. The molecular formula is C22H23N3O2. The second kappa shape index (κ2) is 8.45. The zero-order valence-corrected chi connectivity index (χ0v) is 15.8. The van der Waals surface area contributed by atoms with E-state index in [9.17, 15) is 4.79 Å². The van der Waals surface area contributed by atoms with E-state index < -0.39 is 0 Å². The smallest absolute Gasteiger partial charge is 0.161 e. The first-order valence-electron chi connectivity index (χ1n) is 8.88. The molecule has 0 bridgehead atoms. The molecule has 0 saturated carbocycles. The van der Waals surface area contributed by atoms with Gasteiger partial charge in [0, 0.05) is 29.4 Å². The van der Waals surface area contributed by atoms with Gasteiger partial charge in [-0.15, -0.1) is 0 Å². The van der Waals surface area contributed by atoms with Crippen LogP contribution in [-0.2, 0) is 6.42 Å². The molecule has 5 nitrogen and oxygen atoms in total. The maximum Gasteiger partial charge on any atom is 0.161 e. The fourth-order valence-corrected chi connectivity index (χ4v) is 2.75. The quantitative estimate of drug-likeness (QED) is 0.635. The predicted octanol–water partition coefficient (Wildman–Crippen LogP) is 4.32. The van der Waals surface area contributed by atoms with Gasteiger partial charge in [0.25, 0.3) is 0 Å². The molecule has 0 radical (unpaired) electrons. The Bertz CT molecular complexity index is 937. The SMILES string of the molecule is COc1ccc(CCNc2nc(-c3cccc(C(C)=O)c3)ncc2C)cc1. The molecule has 0 amide bonds. The first-order valence-corrected chi connectivity index (χ1v) is 8.88. The number of benzene rings is 2. The zero-order valence-electron chi connectivity index (χ0n) is 15.8. The predicted molar refractivity (Wildman–Crippen MR) is 107 cm³/mol. The van der Waals surface area contributed by atoms with Crippen LogP contribution in [0.25, 0.3) is 11.4 Å². The van der Waals surface area contributed by atoms with Crippen LogP contribution in [0.4, 0.5) is 5.82 Å². The summed E-state index contributed by atoms with van der Waals surface area (Å²) in [5.41, 5.74) is 3.70. The second-order valence-corrected chi connectivity index (χ2v) is 6.39. The Morgan fingerprint density at radius 3 is 2.63 bits per heavy atom. The number of carbonyl (C=O) groups is 1. The van der Waals surface area contributed by atoms with Crippen molar-refractivity contribution in [2.75, 3.05) is 19.0 Å². The Labute approximate surface area is 159 Å². The maximum atomic E-state index is 11.6. The number of ketones is 1. The largest absolute Gasteiger partial charge is 0.497 e. The third-order valence-corrected chi connectivity index (χ3v) is 4.36. The van der Waals surface area contributed by atoms with Crippen molar-refractivity contribution in [1.29, 1.82) is 0 Å². The third kappa shape index (κ3) is 4.70. The van der Waals surface area contributed by atoms with Crippen LogP contribution >= 0.6 is 0 Å². The van der Waals surface area contributed by atoms with Crippen LogP contribution in [-0.4, -0.2) is 29.4 Å². The molecule has 3 rings (SSSR count). The average Bonchev–Trinajstić information content (AvgIpc) is 2.70. The van der Waals surface area contributed by atoms with Gasteiger partial charge in [0.2, 0.25) is 0 Å². The van der Waals surface area contributed by atoms with E-state index in [1.165, 1.54) is 5.56 Å². The summed E-state index contributed by atoms with van der Waals surface area (Å²) < 4.78 is 5.18. The van der Waals surface area contributed by atoms with Crippen molar-refractivity contribution in [3.05, 3.63) is 71.4 Å². The lowest BCUT2D eigenvalue weighted by Crippen LogP contribution is -2.09. The highest BCUT2D eigenvalue weighted by molar-refractivity contribution is 5.95. The number of hydrogen-bond donors (Lipinski definition) is 1. The second-order valence-electron chi connectivity index (χ2n) is 6.39. The van der Waals surface area contributed by atoms with Crippen molar-refractivity contribution in [2.24, 2.45) is 0 Å². The molecule has 0 aliphatic rings. The van der Waals surface area contributed by atoms with Crippen LogP contribution in [0.2, 0.25) is 0 Å². The van der Waals surface area contributed by atoms with Gasteiger partial charge in [0.15, 0.2) is 11.6 Å². The molecule has 0 fully saturated rings. The summed E-state index contributed by atoms with van der Waals surface area (Å²) in [4.78, 5) is 20.7. The van der Waals surface area contributed by atoms with Gasteiger partial charge in [-0.3, -0.25) is 4.79 Å². The third-order valence-electron chi connectivity index (χ3n) is 4.36. The molecule has 27 heavy (non-hydrogen) atoms. The summed E-state index contributed by atoms with van der Waals surface area (Å²) in [6.45, 7) is 4.30. The van der Waals surface area contributed by atoms with Crippen molar-refractivity contribution < 1.29 is 9.53 Å². The Morgan fingerprint density at radius 2 is 1.93 bits per heavy atom. The number of Topliss-reactive ketones (excluding diaryl/α,β-unsaturated/α-hetero) is 1. The lowest BCUT2D eigenvalue weighted by atomic mass is 10.1. The Morgan fingerprint density at radius 1 is 1.15 bits per heavy atom. The van der Waals surface area contributed by atoms with E-state index in [1.54, 1.807) is 26.3 Å². The van der Waals surface area contributed by atoms with Crippen LogP contribution in [0.3, 0.4) is 0 Å². The molecule has 2 aromatic carbocycles. The van der Waals surface area contributed by atoms with E-state index in [2.05, 4.69) is 27.4 Å².